The van der Waals surface area contributed by atoms with E-state index in [0.29, 0.717) is 0 Å². The Hall–Kier alpha value is -0.480. The van der Waals surface area contributed by atoms with Gasteiger partial charge in [-0.25, -0.2) is 4.79 Å². The summed E-state index contributed by atoms with van der Waals surface area (Å²) < 4.78 is 5.38. The van der Waals surface area contributed by atoms with Crippen LogP contribution in [0, 0.1) is 0 Å². The van der Waals surface area contributed by atoms with Crippen molar-refractivity contribution in [1.82, 2.24) is 9.55 Å². The summed E-state index contributed by atoms with van der Waals surface area (Å²) in [6.45, 7) is -0.394. The highest BCUT2D eigenvalue weighted by atomic mass is 79.9. The van der Waals surface area contributed by atoms with Crippen LogP contribution in [0.15, 0.2) is 21.9 Å². The maximum atomic E-state index is 11.7. The van der Waals surface area contributed by atoms with Crippen molar-refractivity contribution in [2.45, 2.75) is 21.7 Å². The maximum absolute atomic E-state index is 11.7. The van der Waals surface area contributed by atoms with E-state index in [0.717, 1.165) is 4.57 Å². The van der Waals surface area contributed by atoms with Gasteiger partial charge in [0.15, 0.2) is 9.46 Å². The fourth-order valence-corrected chi connectivity index (χ4v) is 2.98. The van der Waals surface area contributed by atoms with Crippen LogP contribution in [-0.2, 0) is 4.74 Å². The molecule has 3 N–H and O–H groups in total. The molecule has 1 fully saturated rings. The zero-order valence-corrected chi connectivity index (χ0v) is 12.1. The van der Waals surface area contributed by atoms with Gasteiger partial charge in [-0.15, -0.1) is 0 Å². The van der Waals surface area contributed by atoms with E-state index in [9.17, 15) is 14.7 Å². The molecule has 0 bridgehead atoms. The standard InChI is InChI=1S/C9H10Br2N2O5/c10-9(11)6(16)4(3-14)18-7(9)13-2-1-5(15)12-8(13)17/h1-2,4,6-7,14,16H,3H2,(H,12,15,17)/t4-,6?,7-/m1/s1. The Morgan fingerprint density at radius 2 is 2.17 bits per heavy atom. The van der Waals surface area contributed by atoms with Gasteiger partial charge in [0, 0.05) is 12.3 Å². The lowest BCUT2D eigenvalue weighted by Gasteiger charge is -2.24. The van der Waals surface area contributed by atoms with E-state index in [1.807, 2.05) is 0 Å². The van der Waals surface area contributed by atoms with Crippen LogP contribution in [0.25, 0.3) is 0 Å². The molecule has 1 aliphatic rings. The summed E-state index contributed by atoms with van der Waals surface area (Å²) in [5, 5.41) is 19.0. The summed E-state index contributed by atoms with van der Waals surface area (Å²) in [5.74, 6) is 0. The third-order valence-electron chi connectivity index (χ3n) is 2.66. The number of halogens is 2. The first-order chi connectivity index (χ1) is 8.37. The summed E-state index contributed by atoms with van der Waals surface area (Å²) in [7, 11) is 0. The second-order valence-corrected chi connectivity index (χ2v) is 7.53. The van der Waals surface area contributed by atoms with Crippen molar-refractivity contribution in [2.75, 3.05) is 6.61 Å². The molecule has 1 saturated heterocycles. The van der Waals surface area contributed by atoms with Crippen LogP contribution in [0.3, 0.4) is 0 Å². The first-order valence-electron chi connectivity index (χ1n) is 5.01. The predicted molar refractivity (Wildman–Crippen MR) is 68.9 cm³/mol. The van der Waals surface area contributed by atoms with Gasteiger partial charge in [-0.3, -0.25) is 14.3 Å². The van der Waals surface area contributed by atoms with Crippen molar-refractivity contribution >= 4 is 31.9 Å². The van der Waals surface area contributed by atoms with Gasteiger partial charge in [-0.05, 0) is 0 Å². The molecule has 1 aromatic heterocycles. The van der Waals surface area contributed by atoms with E-state index < -0.39 is 39.5 Å². The first kappa shape index (κ1) is 13.9. The quantitative estimate of drug-likeness (QED) is 0.582. The summed E-state index contributed by atoms with van der Waals surface area (Å²) in [4.78, 5) is 24.7. The smallest absolute Gasteiger partial charge is 0.330 e. The first-order valence-corrected chi connectivity index (χ1v) is 6.60. The summed E-state index contributed by atoms with van der Waals surface area (Å²) >= 11 is 6.45. The molecule has 2 heterocycles. The minimum atomic E-state index is -1.13. The Balaban J connectivity index is 2.45. The van der Waals surface area contributed by atoms with Crippen molar-refractivity contribution < 1.29 is 14.9 Å². The number of aliphatic hydroxyl groups excluding tert-OH is 2. The minimum absolute atomic E-state index is 0.394. The van der Waals surface area contributed by atoms with Crippen LogP contribution in [-0.4, -0.2) is 41.8 Å². The molecular formula is C9H10Br2N2O5. The Morgan fingerprint density at radius 3 is 2.67 bits per heavy atom. The number of aromatic nitrogens is 2. The van der Waals surface area contributed by atoms with Crippen LogP contribution in [0.1, 0.15) is 6.23 Å². The van der Waals surface area contributed by atoms with Gasteiger partial charge >= 0.3 is 5.69 Å². The van der Waals surface area contributed by atoms with Crippen LogP contribution in [0.2, 0.25) is 0 Å². The number of hydrogen-bond acceptors (Lipinski definition) is 5. The zero-order chi connectivity index (χ0) is 13.5. The van der Waals surface area contributed by atoms with Crippen molar-refractivity contribution in [3.05, 3.63) is 33.1 Å². The van der Waals surface area contributed by atoms with Crippen LogP contribution in [0.4, 0.5) is 0 Å². The molecule has 0 spiro atoms. The molecule has 2 rings (SSSR count). The third kappa shape index (κ3) is 2.21. The topological polar surface area (TPSA) is 105 Å². The van der Waals surface area contributed by atoms with E-state index in [1.165, 1.54) is 12.3 Å². The molecule has 1 aliphatic heterocycles. The highest BCUT2D eigenvalue weighted by Crippen LogP contribution is 2.48. The Labute approximate surface area is 118 Å². The number of nitrogens with one attached hydrogen (secondary N) is 1. The number of H-pyrrole nitrogens is 1. The number of alkyl halides is 2. The van der Waals surface area contributed by atoms with Crippen LogP contribution < -0.4 is 11.2 Å². The molecular weight excluding hydrogens is 376 g/mol. The molecule has 7 nitrogen and oxygen atoms in total. The number of ether oxygens (including phenoxy) is 1. The average molecular weight is 386 g/mol. The maximum Gasteiger partial charge on any atom is 0.330 e. The molecule has 0 aliphatic carbocycles. The van der Waals surface area contributed by atoms with E-state index in [1.54, 1.807) is 0 Å². The Kier molecular flexibility index (Phi) is 3.79. The fraction of sp³-hybridized carbons (Fsp3) is 0.556. The second kappa shape index (κ2) is 4.89. The van der Waals surface area contributed by atoms with Crippen molar-refractivity contribution in [3.8, 4) is 0 Å². The van der Waals surface area contributed by atoms with Crippen molar-refractivity contribution in [1.29, 1.82) is 0 Å². The molecule has 18 heavy (non-hydrogen) atoms. The second-order valence-electron chi connectivity index (χ2n) is 3.85. The Morgan fingerprint density at radius 1 is 1.50 bits per heavy atom. The summed E-state index contributed by atoms with van der Waals surface area (Å²) in [5.41, 5.74) is -1.19. The fourth-order valence-electron chi connectivity index (χ4n) is 1.73. The van der Waals surface area contributed by atoms with Gasteiger partial charge in [-0.2, -0.15) is 0 Å². The number of aliphatic hydroxyl groups is 2. The molecule has 1 aromatic rings. The van der Waals surface area contributed by atoms with E-state index in [-0.39, 0.29) is 0 Å². The lowest BCUT2D eigenvalue weighted by Crippen LogP contribution is -2.40. The van der Waals surface area contributed by atoms with Crippen LogP contribution in [0.5, 0.6) is 0 Å². The highest BCUT2D eigenvalue weighted by Gasteiger charge is 2.54. The van der Waals surface area contributed by atoms with Gasteiger partial charge in [0.05, 0.1) is 6.61 Å². The van der Waals surface area contributed by atoms with Gasteiger partial charge < -0.3 is 14.9 Å². The van der Waals surface area contributed by atoms with E-state index in [4.69, 9.17) is 9.84 Å². The van der Waals surface area contributed by atoms with Gasteiger partial charge in [0.2, 0.25) is 0 Å². The largest absolute Gasteiger partial charge is 0.394 e. The molecule has 0 aromatic carbocycles. The average Bonchev–Trinajstić information content (AvgIpc) is 2.52. The molecule has 9 heteroatoms. The zero-order valence-electron chi connectivity index (χ0n) is 8.92. The SMILES string of the molecule is O=c1ccn([C@@H]2O[C@H](CO)C(O)C2(Br)Br)c(=O)[nH]1. The highest BCUT2D eigenvalue weighted by molar-refractivity contribution is 9.25. The third-order valence-corrected chi connectivity index (χ3v) is 4.38. The van der Waals surface area contributed by atoms with Gasteiger partial charge in [0.25, 0.3) is 5.56 Å². The van der Waals surface area contributed by atoms with E-state index >= 15 is 0 Å². The van der Waals surface area contributed by atoms with Gasteiger partial charge in [0.1, 0.15) is 12.2 Å². The van der Waals surface area contributed by atoms with E-state index in [2.05, 4.69) is 36.8 Å². The van der Waals surface area contributed by atoms with Crippen LogP contribution >= 0.6 is 31.9 Å². The summed E-state index contributed by atoms with van der Waals surface area (Å²) in [6, 6.07) is 1.17. The number of aromatic amines is 1. The molecule has 0 saturated carbocycles. The monoisotopic (exact) mass is 384 g/mol. The summed E-state index contributed by atoms with van der Waals surface area (Å²) in [6.07, 6.45) is -1.55. The Bertz CT molecular complexity index is 554. The van der Waals surface area contributed by atoms with Gasteiger partial charge in [-0.1, -0.05) is 31.9 Å². The molecule has 0 radical (unpaired) electrons. The predicted octanol–water partition coefficient (Wildman–Crippen LogP) is -0.727. The number of hydrogen-bond donors (Lipinski definition) is 3. The molecule has 0 amide bonds. The van der Waals surface area contributed by atoms with Crippen molar-refractivity contribution in [2.24, 2.45) is 0 Å². The molecule has 3 atom stereocenters. The molecule has 1 unspecified atom stereocenters. The minimum Gasteiger partial charge on any atom is -0.394 e. The normalized spacial score (nSPS) is 30.6. The number of rotatable bonds is 2. The lowest BCUT2D eigenvalue weighted by atomic mass is 10.2. The van der Waals surface area contributed by atoms with Crippen molar-refractivity contribution in [3.63, 3.8) is 0 Å². The molecule has 100 valence electrons. The number of nitrogens with zero attached hydrogens (tertiary/aromatic N) is 1. The lowest BCUT2D eigenvalue weighted by molar-refractivity contribution is -0.0459.